The molecular formula is C22H27F3N2O5. The Morgan fingerprint density at radius 3 is 2.62 bits per heavy atom. The number of carboxylic acids is 1. The molecule has 1 unspecified atom stereocenters. The van der Waals surface area contributed by atoms with E-state index in [2.05, 4.69) is 22.0 Å². The summed E-state index contributed by atoms with van der Waals surface area (Å²) in [5, 5.41) is 7.12. The van der Waals surface area contributed by atoms with Gasteiger partial charge in [-0.2, -0.15) is 13.2 Å². The lowest BCUT2D eigenvalue weighted by Crippen LogP contribution is -2.55. The molecule has 0 bridgehead atoms. The van der Waals surface area contributed by atoms with E-state index in [1.54, 1.807) is 6.20 Å². The van der Waals surface area contributed by atoms with Gasteiger partial charge < -0.3 is 19.5 Å². The topological polar surface area (TPSA) is 89.0 Å². The van der Waals surface area contributed by atoms with E-state index in [1.165, 1.54) is 0 Å². The zero-order valence-corrected chi connectivity index (χ0v) is 17.5. The van der Waals surface area contributed by atoms with Crippen molar-refractivity contribution in [3.63, 3.8) is 0 Å². The molecule has 2 heterocycles. The maximum absolute atomic E-state index is 13.0. The molecule has 1 aromatic heterocycles. The summed E-state index contributed by atoms with van der Waals surface area (Å²) in [6, 6.07) is 6.02. The van der Waals surface area contributed by atoms with Gasteiger partial charge in [0.05, 0.1) is 31.1 Å². The number of carbonyl (C=O) groups excluding carboxylic acids is 1. The predicted molar refractivity (Wildman–Crippen MR) is 107 cm³/mol. The molecule has 2 aliphatic carbocycles. The maximum Gasteiger partial charge on any atom is 0.490 e. The molecular weight excluding hydrogens is 429 g/mol. The normalized spacial score (nSPS) is 27.3. The second-order valence-corrected chi connectivity index (χ2v) is 7.97. The minimum absolute atomic E-state index is 0.000505. The number of pyridine rings is 1. The number of hydrogen-bond acceptors (Lipinski definition) is 5. The van der Waals surface area contributed by atoms with Gasteiger partial charge in [0.15, 0.2) is 0 Å². The SMILES string of the molecule is O=C(C1CC=CCC1)N1CCO[C@H]2[C@@H](OCc3ccccn3)CC[C@@H]21.O=C(O)C(F)(F)F. The lowest BCUT2D eigenvalue weighted by atomic mass is 9.92. The van der Waals surface area contributed by atoms with Crippen molar-refractivity contribution in [2.45, 2.75) is 63.1 Å². The second-order valence-electron chi connectivity index (χ2n) is 7.97. The van der Waals surface area contributed by atoms with E-state index in [9.17, 15) is 18.0 Å². The highest BCUT2D eigenvalue weighted by Crippen LogP contribution is 2.34. The van der Waals surface area contributed by atoms with Crippen LogP contribution < -0.4 is 0 Å². The van der Waals surface area contributed by atoms with Crippen molar-refractivity contribution in [1.29, 1.82) is 0 Å². The molecule has 1 saturated heterocycles. The van der Waals surface area contributed by atoms with Crippen LogP contribution in [0.25, 0.3) is 0 Å². The second kappa shape index (κ2) is 10.9. The molecule has 0 radical (unpaired) electrons. The smallest absolute Gasteiger partial charge is 0.475 e. The van der Waals surface area contributed by atoms with Gasteiger partial charge in [0.25, 0.3) is 0 Å². The Bertz CT molecular complexity index is 803. The first-order chi connectivity index (χ1) is 15.3. The first kappa shape index (κ1) is 24.2. The molecule has 1 aliphatic heterocycles. The molecule has 32 heavy (non-hydrogen) atoms. The standard InChI is InChI=1S/C20H26N2O3.C2HF3O2/c23-20(15-6-2-1-3-7-15)22-12-13-24-19-17(22)9-10-18(19)25-14-16-8-4-5-11-21-16;3-2(4,5)1(6)7/h1-2,4-5,8,11,15,17-19H,3,6-7,9-10,12-14H2;(H,6,7)/t15?,17-,18-,19+;/m0./s1. The Hall–Kier alpha value is -2.46. The zero-order valence-electron chi connectivity index (χ0n) is 17.5. The van der Waals surface area contributed by atoms with Crippen molar-refractivity contribution in [3.8, 4) is 0 Å². The third kappa shape index (κ3) is 6.29. The molecule has 3 aliphatic rings. The Labute approximate surface area is 184 Å². The summed E-state index contributed by atoms with van der Waals surface area (Å²) >= 11 is 0. The number of fused-ring (bicyclic) bond motifs is 1. The minimum Gasteiger partial charge on any atom is -0.475 e. The number of amides is 1. The maximum atomic E-state index is 13.0. The van der Waals surface area contributed by atoms with Gasteiger partial charge in [-0.3, -0.25) is 9.78 Å². The molecule has 1 amide bonds. The van der Waals surface area contributed by atoms with Crippen molar-refractivity contribution >= 4 is 11.9 Å². The monoisotopic (exact) mass is 456 g/mol. The quantitative estimate of drug-likeness (QED) is 0.699. The molecule has 2 fully saturated rings. The van der Waals surface area contributed by atoms with E-state index in [1.807, 2.05) is 18.2 Å². The molecule has 1 aromatic rings. The van der Waals surface area contributed by atoms with Crippen molar-refractivity contribution in [2.24, 2.45) is 5.92 Å². The van der Waals surface area contributed by atoms with E-state index < -0.39 is 12.1 Å². The number of nitrogens with zero attached hydrogens (tertiary/aromatic N) is 2. The molecule has 1 N–H and O–H groups in total. The van der Waals surface area contributed by atoms with Crippen LogP contribution in [0.4, 0.5) is 13.2 Å². The Kier molecular flexibility index (Phi) is 8.25. The number of aliphatic carboxylic acids is 1. The first-order valence-electron chi connectivity index (χ1n) is 10.7. The summed E-state index contributed by atoms with van der Waals surface area (Å²) in [5.74, 6) is -2.29. The fourth-order valence-corrected chi connectivity index (χ4v) is 4.30. The number of halogens is 3. The highest BCUT2D eigenvalue weighted by Gasteiger charge is 2.46. The summed E-state index contributed by atoms with van der Waals surface area (Å²) in [5.41, 5.74) is 0.934. The third-order valence-electron chi connectivity index (χ3n) is 5.85. The van der Waals surface area contributed by atoms with Gasteiger partial charge in [-0.15, -0.1) is 0 Å². The summed E-state index contributed by atoms with van der Waals surface area (Å²) in [7, 11) is 0. The Morgan fingerprint density at radius 2 is 2.00 bits per heavy atom. The van der Waals surface area contributed by atoms with Crippen molar-refractivity contribution in [2.75, 3.05) is 13.2 Å². The van der Waals surface area contributed by atoms with E-state index in [0.29, 0.717) is 25.7 Å². The number of morpholine rings is 1. The van der Waals surface area contributed by atoms with Gasteiger partial charge in [0.1, 0.15) is 6.10 Å². The van der Waals surface area contributed by atoms with E-state index >= 15 is 0 Å². The third-order valence-corrected chi connectivity index (χ3v) is 5.85. The van der Waals surface area contributed by atoms with Crippen molar-refractivity contribution in [1.82, 2.24) is 9.88 Å². The largest absolute Gasteiger partial charge is 0.490 e. The van der Waals surface area contributed by atoms with Gasteiger partial charge in [-0.05, 0) is 44.2 Å². The number of rotatable bonds is 4. The summed E-state index contributed by atoms with van der Waals surface area (Å²) in [4.78, 5) is 28.3. The highest BCUT2D eigenvalue weighted by molar-refractivity contribution is 5.79. The van der Waals surface area contributed by atoms with Crippen LogP contribution in [0.3, 0.4) is 0 Å². The molecule has 7 nitrogen and oxygen atoms in total. The number of alkyl halides is 3. The van der Waals surface area contributed by atoms with Crippen LogP contribution in [-0.2, 0) is 25.7 Å². The number of allylic oxidation sites excluding steroid dienone is 2. The van der Waals surface area contributed by atoms with Gasteiger partial charge in [0.2, 0.25) is 5.91 Å². The summed E-state index contributed by atoms with van der Waals surface area (Å²) in [6.07, 6.45) is 5.87. The molecule has 0 aromatic carbocycles. The van der Waals surface area contributed by atoms with Crippen LogP contribution in [0.5, 0.6) is 0 Å². The Morgan fingerprint density at radius 1 is 1.22 bits per heavy atom. The van der Waals surface area contributed by atoms with Crippen LogP contribution in [0.1, 0.15) is 37.8 Å². The Balaban J connectivity index is 0.000000360. The minimum atomic E-state index is -5.08. The van der Waals surface area contributed by atoms with Gasteiger partial charge in [-0.1, -0.05) is 18.2 Å². The molecule has 4 rings (SSSR count). The lowest BCUT2D eigenvalue weighted by molar-refractivity contribution is -0.192. The predicted octanol–water partition coefficient (Wildman–Crippen LogP) is 3.35. The number of hydrogen-bond donors (Lipinski definition) is 1. The van der Waals surface area contributed by atoms with E-state index in [0.717, 1.165) is 37.8 Å². The molecule has 10 heteroatoms. The lowest BCUT2D eigenvalue weighted by Gasteiger charge is -2.40. The zero-order chi connectivity index (χ0) is 23.1. The van der Waals surface area contributed by atoms with Gasteiger partial charge >= 0.3 is 12.1 Å². The van der Waals surface area contributed by atoms with Crippen LogP contribution in [-0.4, -0.2) is 64.4 Å². The van der Waals surface area contributed by atoms with E-state index in [4.69, 9.17) is 19.4 Å². The fraction of sp³-hybridized carbons (Fsp3) is 0.591. The molecule has 1 saturated carbocycles. The van der Waals surface area contributed by atoms with Crippen LogP contribution in [0.2, 0.25) is 0 Å². The van der Waals surface area contributed by atoms with Crippen molar-refractivity contribution < 1.29 is 37.3 Å². The summed E-state index contributed by atoms with van der Waals surface area (Å²) < 4.78 is 43.8. The average molecular weight is 456 g/mol. The van der Waals surface area contributed by atoms with Crippen molar-refractivity contribution in [3.05, 3.63) is 42.2 Å². The molecule has 176 valence electrons. The first-order valence-corrected chi connectivity index (χ1v) is 10.7. The number of aromatic nitrogens is 1. The summed E-state index contributed by atoms with van der Waals surface area (Å²) in [6.45, 7) is 1.82. The highest BCUT2D eigenvalue weighted by atomic mass is 19.4. The van der Waals surface area contributed by atoms with Crippen LogP contribution in [0, 0.1) is 5.92 Å². The van der Waals surface area contributed by atoms with Gasteiger partial charge in [0, 0.05) is 18.7 Å². The number of carboxylic acid groups (broad SMARTS) is 1. The van der Waals surface area contributed by atoms with E-state index in [-0.39, 0.29) is 24.2 Å². The number of ether oxygens (including phenoxy) is 2. The molecule has 0 spiro atoms. The number of carbonyl (C=O) groups is 2. The van der Waals surface area contributed by atoms with Crippen LogP contribution in [0.15, 0.2) is 36.5 Å². The average Bonchev–Trinajstić information content (AvgIpc) is 3.21. The molecule has 4 atom stereocenters. The van der Waals surface area contributed by atoms with Crippen LogP contribution >= 0.6 is 0 Å². The fourth-order valence-electron chi connectivity index (χ4n) is 4.30. The van der Waals surface area contributed by atoms with Gasteiger partial charge in [-0.25, -0.2) is 4.79 Å².